The summed E-state index contributed by atoms with van der Waals surface area (Å²) in [6.07, 6.45) is 0. The highest BCUT2D eigenvalue weighted by atomic mass is 35.5. The predicted molar refractivity (Wildman–Crippen MR) is 116 cm³/mol. The summed E-state index contributed by atoms with van der Waals surface area (Å²) in [5.41, 5.74) is 1.84. The average Bonchev–Trinajstić information content (AvgIpc) is 2.75. The standard InChI is InChI=1S/C23H19ClN2O4/c1-2-30-23(29)15-11-13-16(14-12-15)25-22(28)18-8-4-6-10-20(18)26-21(27)17-7-3-5-9-19(17)24/h3-14H,2H2,1H3,(H,25,28)(H,26,27). The second kappa shape index (κ2) is 9.71. The van der Waals surface area contributed by atoms with Gasteiger partial charge in [-0.3, -0.25) is 9.59 Å². The molecular formula is C23H19ClN2O4. The molecule has 0 aliphatic rings. The first-order valence-corrected chi connectivity index (χ1v) is 9.61. The molecule has 3 aromatic rings. The highest BCUT2D eigenvalue weighted by Gasteiger charge is 2.16. The Morgan fingerprint density at radius 2 is 1.40 bits per heavy atom. The highest BCUT2D eigenvalue weighted by molar-refractivity contribution is 6.34. The number of rotatable bonds is 6. The summed E-state index contributed by atoms with van der Waals surface area (Å²) in [5.74, 6) is -1.25. The SMILES string of the molecule is CCOC(=O)c1ccc(NC(=O)c2ccccc2NC(=O)c2ccccc2Cl)cc1. The zero-order chi connectivity index (χ0) is 21.5. The predicted octanol–water partition coefficient (Wildman–Crippen LogP) is 5.02. The molecule has 2 amide bonds. The quantitative estimate of drug-likeness (QED) is 0.546. The molecule has 152 valence electrons. The van der Waals surface area contributed by atoms with Gasteiger partial charge in [0.2, 0.25) is 0 Å². The molecule has 0 heterocycles. The van der Waals surface area contributed by atoms with E-state index in [0.29, 0.717) is 27.5 Å². The van der Waals surface area contributed by atoms with Gasteiger partial charge < -0.3 is 15.4 Å². The number of carbonyl (C=O) groups excluding carboxylic acids is 3. The first-order chi connectivity index (χ1) is 14.5. The molecule has 0 spiro atoms. The molecule has 0 aliphatic carbocycles. The highest BCUT2D eigenvalue weighted by Crippen LogP contribution is 2.21. The minimum Gasteiger partial charge on any atom is -0.462 e. The minimum atomic E-state index is -0.428. The summed E-state index contributed by atoms with van der Waals surface area (Å²) in [6, 6.07) is 19.7. The second-order valence-electron chi connectivity index (χ2n) is 6.23. The van der Waals surface area contributed by atoms with Crippen molar-refractivity contribution in [2.24, 2.45) is 0 Å². The molecule has 0 aliphatic heterocycles. The number of benzene rings is 3. The molecule has 0 saturated heterocycles. The van der Waals surface area contributed by atoms with Crippen LogP contribution in [-0.4, -0.2) is 24.4 Å². The number of hydrogen-bond acceptors (Lipinski definition) is 4. The summed E-state index contributed by atoms with van der Waals surface area (Å²) in [4.78, 5) is 37.0. The lowest BCUT2D eigenvalue weighted by Gasteiger charge is -2.12. The van der Waals surface area contributed by atoms with E-state index in [0.717, 1.165) is 0 Å². The van der Waals surface area contributed by atoms with Crippen LogP contribution in [0.2, 0.25) is 5.02 Å². The number of esters is 1. The third-order valence-corrected chi connectivity index (χ3v) is 4.52. The van der Waals surface area contributed by atoms with E-state index < -0.39 is 17.8 Å². The van der Waals surface area contributed by atoms with Crippen LogP contribution < -0.4 is 10.6 Å². The monoisotopic (exact) mass is 422 g/mol. The normalized spacial score (nSPS) is 10.2. The third kappa shape index (κ3) is 5.04. The van der Waals surface area contributed by atoms with E-state index in [9.17, 15) is 14.4 Å². The Hall–Kier alpha value is -3.64. The molecule has 7 heteroatoms. The van der Waals surface area contributed by atoms with Crippen molar-refractivity contribution < 1.29 is 19.1 Å². The number of hydrogen-bond donors (Lipinski definition) is 2. The Morgan fingerprint density at radius 1 is 0.800 bits per heavy atom. The third-order valence-electron chi connectivity index (χ3n) is 4.19. The van der Waals surface area contributed by atoms with Crippen LogP contribution in [0.4, 0.5) is 11.4 Å². The zero-order valence-corrected chi connectivity index (χ0v) is 16.9. The van der Waals surface area contributed by atoms with Crippen LogP contribution in [0.1, 0.15) is 38.0 Å². The fourth-order valence-corrected chi connectivity index (χ4v) is 2.95. The van der Waals surface area contributed by atoms with Gasteiger partial charge in [-0.05, 0) is 55.5 Å². The molecule has 0 unspecified atom stereocenters. The summed E-state index contributed by atoms with van der Waals surface area (Å²) in [7, 11) is 0. The van der Waals surface area contributed by atoms with Crippen LogP contribution in [0.15, 0.2) is 72.8 Å². The minimum absolute atomic E-state index is 0.285. The zero-order valence-electron chi connectivity index (χ0n) is 16.1. The fourth-order valence-electron chi connectivity index (χ4n) is 2.73. The Morgan fingerprint density at radius 3 is 2.07 bits per heavy atom. The van der Waals surface area contributed by atoms with Gasteiger partial charge in [-0.1, -0.05) is 35.9 Å². The number of para-hydroxylation sites is 1. The van der Waals surface area contributed by atoms with Crippen molar-refractivity contribution >= 4 is 40.8 Å². The van der Waals surface area contributed by atoms with Gasteiger partial charge in [-0.2, -0.15) is 0 Å². The van der Waals surface area contributed by atoms with E-state index >= 15 is 0 Å². The maximum Gasteiger partial charge on any atom is 0.338 e. The van der Waals surface area contributed by atoms with Crippen molar-refractivity contribution in [3.05, 3.63) is 94.5 Å². The summed E-state index contributed by atoms with van der Waals surface area (Å²) in [6.45, 7) is 2.02. The summed E-state index contributed by atoms with van der Waals surface area (Å²) in [5, 5.41) is 5.80. The van der Waals surface area contributed by atoms with Crippen molar-refractivity contribution in [3.63, 3.8) is 0 Å². The fraction of sp³-hybridized carbons (Fsp3) is 0.0870. The van der Waals surface area contributed by atoms with Crippen LogP contribution in [0.3, 0.4) is 0 Å². The first-order valence-electron chi connectivity index (χ1n) is 9.23. The van der Waals surface area contributed by atoms with Gasteiger partial charge in [0.1, 0.15) is 0 Å². The molecule has 0 bridgehead atoms. The number of carbonyl (C=O) groups is 3. The molecule has 2 N–H and O–H groups in total. The molecule has 0 aromatic heterocycles. The number of amides is 2. The van der Waals surface area contributed by atoms with Crippen LogP contribution >= 0.6 is 11.6 Å². The number of ether oxygens (including phenoxy) is 1. The van der Waals surface area contributed by atoms with Crippen molar-refractivity contribution in [2.75, 3.05) is 17.2 Å². The van der Waals surface area contributed by atoms with Gasteiger partial charge in [0.05, 0.1) is 34.0 Å². The Labute approximate surface area is 178 Å². The smallest absolute Gasteiger partial charge is 0.338 e. The van der Waals surface area contributed by atoms with E-state index in [1.54, 1.807) is 79.7 Å². The van der Waals surface area contributed by atoms with Gasteiger partial charge >= 0.3 is 5.97 Å². The second-order valence-corrected chi connectivity index (χ2v) is 6.64. The summed E-state index contributed by atoms with van der Waals surface area (Å²) < 4.78 is 4.94. The average molecular weight is 423 g/mol. The Kier molecular flexibility index (Phi) is 6.83. The van der Waals surface area contributed by atoms with Gasteiger partial charge in [0.25, 0.3) is 11.8 Å². The number of halogens is 1. The lowest BCUT2D eigenvalue weighted by atomic mass is 10.1. The van der Waals surface area contributed by atoms with Crippen molar-refractivity contribution in [2.45, 2.75) is 6.92 Å². The van der Waals surface area contributed by atoms with E-state index in [-0.39, 0.29) is 12.2 Å². The Balaban J connectivity index is 1.75. The van der Waals surface area contributed by atoms with Crippen LogP contribution in [-0.2, 0) is 4.74 Å². The van der Waals surface area contributed by atoms with Gasteiger partial charge in [0.15, 0.2) is 0 Å². The number of anilines is 2. The van der Waals surface area contributed by atoms with Gasteiger partial charge in [-0.15, -0.1) is 0 Å². The topological polar surface area (TPSA) is 84.5 Å². The van der Waals surface area contributed by atoms with Crippen molar-refractivity contribution in [1.29, 1.82) is 0 Å². The molecule has 0 atom stereocenters. The molecule has 3 aromatic carbocycles. The molecular weight excluding hydrogens is 404 g/mol. The maximum atomic E-state index is 12.8. The Bertz CT molecular complexity index is 1080. The lowest BCUT2D eigenvalue weighted by molar-refractivity contribution is 0.0526. The lowest BCUT2D eigenvalue weighted by Crippen LogP contribution is -2.18. The van der Waals surface area contributed by atoms with Crippen LogP contribution in [0.5, 0.6) is 0 Å². The molecule has 0 radical (unpaired) electrons. The molecule has 0 saturated carbocycles. The first kappa shape index (κ1) is 21.1. The van der Waals surface area contributed by atoms with Crippen molar-refractivity contribution in [1.82, 2.24) is 0 Å². The number of nitrogens with one attached hydrogen (secondary N) is 2. The van der Waals surface area contributed by atoms with E-state index in [4.69, 9.17) is 16.3 Å². The van der Waals surface area contributed by atoms with Crippen LogP contribution in [0, 0.1) is 0 Å². The summed E-state index contributed by atoms with van der Waals surface area (Å²) >= 11 is 6.08. The van der Waals surface area contributed by atoms with Crippen LogP contribution in [0.25, 0.3) is 0 Å². The molecule has 30 heavy (non-hydrogen) atoms. The van der Waals surface area contributed by atoms with Crippen molar-refractivity contribution in [3.8, 4) is 0 Å². The molecule has 6 nitrogen and oxygen atoms in total. The molecule has 0 fully saturated rings. The largest absolute Gasteiger partial charge is 0.462 e. The molecule has 3 rings (SSSR count). The van der Waals surface area contributed by atoms with Gasteiger partial charge in [-0.25, -0.2) is 4.79 Å². The van der Waals surface area contributed by atoms with E-state index in [2.05, 4.69) is 10.6 Å². The van der Waals surface area contributed by atoms with E-state index in [1.165, 1.54) is 0 Å². The maximum absolute atomic E-state index is 12.8. The van der Waals surface area contributed by atoms with Gasteiger partial charge in [0, 0.05) is 5.69 Å². The van der Waals surface area contributed by atoms with E-state index in [1.807, 2.05) is 0 Å².